The van der Waals surface area contributed by atoms with Gasteiger partial charge >= 0.3 is 0 Å². The Hall–Kier alpha value is -3.63. The Kier molecular flexibility index (Phi) is 5.39. The number of anilines is 1. The molecule has 0 atom stereocenters. The van der Waals surface area contributed by atoms with Gasteiger partial charge in [0.2, 0.25) is 0 Å². The Morgan fingerprint density at radius 3 is 2.76 bits per heavy atom. The molecule has 5 aromatic rings. The third-order valence-corrected chi connectivity index (χ3v) is 5.48. The molecule has 2 N–H and O–H groups in total. The Bertz CT molecular complexity index is 1530. The van der Waals surface area contributed by atoms with Crippen LogP contribution in [-0.2, 0) is 0 Å². The maximum absolute atomic E-state index is 14.0. The number of H-pyrrole nitrogens is 1. The number of nitrogens with one attached hydrogen (secondary N) is 2. The topological polar surface area (TPSA) is 88.5 Å². The highest BCUT2D eigenvalue weighted by Gasteiger charge is 2.20. The summed E-state index contributed by atoms with van der Waals surface area (Å²) in [4.78, 5) is 24.9. The van der Waals surface area contributed by atoms with E-state index in [-0.39, 0.29) is 11.3 Å². The number of para-hydroxylation sites is 1. The molecule has 2 aromatic carbocycles. The molecule has 164 valence electrons. The lowest BCUT2D eigenvalue weighted by Crippen LogP contribution is -2.13. The number of carbonyl (C=O) groups excluding carboxylic acids is 1. The molecule has 11 heteroatoms. The highest BCUT2D eigenvalue weighted by atomic mass is 79.9. The fourth-order valence-electron chi connectivity index (χ4n) is 3.33. The molecule has 1 amide bonds. The van der Waals surface area contributed by atoms with Crippen molar-refractivity contribution in [3.05, 3.63) is 87.6 Å². The first-order valence-corrected chi connectivity index (χ1v) is 10.7. The average molecular weight is 530 g/mol. The molecule has 33 heavy (non-hydrogen) atoms. The lowest BCUT2D eigenvalue weighted by Gasteiger charge is -2.07. The summed E-state index contributed by atoms with van der Waals surface area (Å²) in [6.07, 6.45) is 1.59. The van der Waals surface area contributed by atoms with Crippen molar-refractivity contribution in [3.8, 4) is 17.3 Å². The van der Waals surface area contributed by atoms with E-state index < -0.39 is 17.5 Å². The Morgan fingerprint density at radius 1 is 1.12 bits per heavy atom. The zero-order valence-electron chi connectivity index (χ0n) is 16.5. The van der Waals surface area contributed by atoms with E-state index in [9.17, 15) is 13.6 Å². The maximum atomic E-state index is 14.0. The van der Waals surface area contributed by atoms with E-state index in [1.54, 1.807) is 42.6 Å². The van der Waals surface area contributed by atoms with Crippen molar-refractivity contribution in [2.75, 3.05) is 5.32 Å². The molecule has 3 aromatic heterocycles. The average Bonchev–Trinajstić information content (AvgIpc) is 3.39. The molecule has 7 nitrogen and oxygen atoms in total. The number of hydrogen-bond donors (Lipinski definition) is 2. The van der Waals surface area contributed by atoms with Gasteiger partial charge in [-0.05, 0) is 52.3 Å². The van der Waals surface area contributed by atoms with E-state index in [4.69, 9.17) is 11.6 Å². The molecule has 0 spiro atoms. The summed E-state index contributed by atoms with van der Waals surface area (Å²) in [6.45, 7) is 0. The molecule has 0 saturated carbocycles. The summed E-state index contributed by atoms with van der Waals surface area (Å²) >= 11 is 9.66. The molecule has 0 aliphatic carbocycles. The maximum Gasteiger partial charge on any atom is 0.258 e. The van der Waals surface area contributed by atoms with Gasteiger partial charge in [0.05, 0.1) is 21.8 Å². The first kappa shape index (κ1) is 21.2. The zero-order valence-corrected chi connectivity index (χ0v) is 18.8. The predicted molar refractivity (Wildman–Crippen MR) is 123 cm³/mol. The molecule has 5 rings (SSSR count). The van der Waals surface area contributed by atoms with E-state index in [0.717, 1.165) is 12.1 Å². The summed E-state index contributed by atoms with van der Waals surface area (Å²) in [5, 5.41) is 7.25. The van der Waals surface area contributed by atoms with Crippen LogP contribution in [-0.4, -0.2) is 30.6 Å². The SMILES string of the molecule is O=C(Nc1ccc(F)cc1F)c1cccc2[nH]c(-c3cc(Br)nn3-c3ncccc3Cl)nc12. The zero-order chi connectivity index (χ0) is 23.1. The van der Waals surface area contributed by atoms with Gasteiger partial charge in [0, 0.05) is 18.3 Å². The molecule has 0 aliphatic rings. The van der Waals surface area contributed by atoms with E-state index in [2.05, 4.69) is 41.3 Å². The predicted octanol–water partition coefficient (Wildman–Crippen LogP) is 5.76. The number of rotatable bonds is 4. The highest BCUT2D eigenvalue weighted by Crippen LogP contribution is 2.29. The summed E-state index contributed by atoms with van der Waals surface area (Å²) in [5.41, 5.74) is 1.56. The number of aromatic amines is 1. The van der Waals surface area contributed by atoms with Gasteiger partial charge in [-0.2, -0.15) is 5.10 Å². The van der Waals surface area contributed by atoms with Gasteiger partial charge in [0.15, 0.2) is 11.6 Å². The Balaban J connectivity index is 1.57. The van der Waals surface area contributed by atoms with E-state index in [0.29, 0.717) is 44.1 Å². The quantitative estimate of drug-likeness (QED) is 0.310. The molecule has 0 fully saturated rings. The summed E-state index contributed by atoms with van der Waals surface area (Å²) in [6, 6.07) is 13.0. The van der Waals surface area contributed by atoms with Gasteiger partial charge in [-0.3, -0.25) is 4.79 Å². The number of pyridine rings is 1. The third kappa shape index (κ3) is 3.98. The number of nitrogens with zero attached hydrogens (tertiary/aromatic N) is 4. The standard InChI is InChI=1S/C22H12BrClF2N6O/c23-18-10-17(32(31-18)21-13(24)4-2-8-27-21)20-28-16-5-1-3-12(19(16)30-20)22(33)29-15-7-6-11(25)9-14(15)26/h1-10H,(H,28,30)(H,29,33). The molecule has 3 heterocycles. The van der Waals surface area contributed by atoms with Crippen molar-refractivity contribution in [3.63, 3.8) is 0 Å². The largest absolute Gasteiger partial charge is 0.337 e. The molecule has 0 aliphatic heterocycles. The lowest BCUT2D eigenvalue weighted by atomic mass is 10.1. The molecular weight excluding hydrogens is 518 g/mol. The number of imidazole rings is 1. The van der Waals surface area contributed by atoms with Gasteiger partial charge in [0.25, 0.3) is 5.91 Å². The smallest absolute Gasteiger partial charge is 0.258 e. The van der Waals surface area contributed by atoms with Gasteiger partial charge in [-0.15, -0.1) is 0 Å². The second-order valence-electron chi connectivity index (χ2n) is 6.94. The van der Waals surface area contributed by atoms with Crippen molar-refractivity contribution >= 4 is 50.2 Å². The molecule has 0 bridgehead atoms. The second kappa shape index (κ2) is 8.38. The van der Waals surface area contributed by atoms with E-state index in [1.165, 1.54) is 4.68 Å². The number of halogens is 4. The van der Waals surface area contributed by atoms with Crippen molar-refractivity contribution in [2.24, 2.45) is 0 Å². The minimum absolute atomic E-state index is 0.138. The number of benzene rings is 2. The fourth-order valence-corrected chi connectivity index (χ4v) is 3.91. The third-order valence-electron chi connectivity index (χ3n) is 4.80. The van der Waals surface area contributed by atoms with Crippen LogP contribution in [0.4, 0.5) is 14.5 Å². The van der Waals surface area contributed by atoms with Crippen molar-refractivity contribution < 1.29 is 13.6 Å². The second-order valence-corrected chi connectivity index (χ2v) is 8.16. The Morgan fingerprint density at radius 2 is 1.97 bits per heavy atom. The van der Waals surface area contributed by atoms with Crippen LogP contribution in [0.5, 0.6) is 0 Å². The van der Waals surface area contributed by atoms with E-state index >= 15 is 0 Å². The number of amides is 1. The lowest BCUT2D eigenvalue weighted by molar-refractivity contribution is 0.102. The van der Waals surface area contributed by atoms with Gasteiger partial charge < -0.3 is 10.3 Å². The number of aromatic nitrogens is 5. The minimum atomic E-state index is -0.876. The van der Waals surface area contributed by atoms with Crippen LogP contribution >= 0.6 is 27.5 Å². The van der Waals surface area contributed by atoms with E-state index in [1.807, 2.05) is 0 Å². The van der Waals surface area contributed by atoms with Crippen LogP contribution in [0.3, 0.4) is 0 Å². The number of carbonyl (C=O) groups is 1. The van der Waals surface area contributed by atoms with Crippen molar-refractivity contribution in [1.82, 2.24) is 24.7 Å². The number of hydrogen-bond acceptors (Lipinski definition) is 4. The summed E-state index contributed by atoms with van der Waals surface area (Å²) < 4.78 is 29.2. The van der Waals surface area contributed by atoms with Crippen molar-refractivity contribution in [2.45, 2.75) is 0 Å². The monoisotopic (exact) mass is 528 g/mol. The van der Waals surface area contributed by atoms with Gasteiger partial charge in [0.1, 0.15) is 27.4 Å². The summed E-state index contributed by atoms with van der Waals surface area (Å²) in [5.74, 6) is -1.38. The fraction of sp³-hybridized carbons (Fsp3) is 0. The summed E-state index contributed by atoms with van der Waals surface area (Å²) in [7, 11) is 0. The Labute approximate surface area is 198 Å². The number of fused-ring (bicyclic) bond motifs is 1. The van der Waals surface area contributed by atoms with Crippen LogP contribution in [0, 0.1) is 11.6 Å². The molecular formula is C22H12BrClF2N6O. The molecule has 0 saturated heterocycles. The molecule has 0 unspecified atom stereocenters. The van der Waals surface area contributed by atoms with Gasteiger partial charge in [-0.25, -0.2) is 23.4 Å². The molecule has 0 radical (unpaired) electrons. The normalized spacial score (nSPS) is 11.2. The van der Waals surface area contributed by atoms with Crippen LogP contribution in [0.25, 0.3) is 28.4 Å². The first-order chi connectivity index (χ1) is 15.9. The minimum Gasteiger partial charge on any atom is -0.337 e. The first-order valence-electron chi connectivity index (χ1n) is 9.52. The van der Waals surface area contributed by atoms with Crippen LogP contribution in [0.15, 0.2) is 65.4 Å². The highest BCUT2D eigenvalue weighted by molar-refractivity contribution is 9.10. The van der Waals surface area contributed by atoms with Crippen molar-refractivity contribution in [1.29, 1.82) is 0 Å². The van der Waals surface area contributed by atoms with Gasteiger partial charge in [-0.1, -0.05) is 17.7 Å². The van der Waals surface area contributed by atoms with Crippen LogP contribution < -0.4 is 5.32 Å². The van der Waals surface area contributed by atoms with Crippen LogP contribution in [0.2, 0.25) is 5.02 Å². The van der Waals surface area contributed by atoms with Crippen LogP contribution in [0.1, 0.15) is 10.4 Å².